The third-order valence-corrected chi connectivity index (χ3v) is 3.55. The first-order valence-electron chi connectivity index (χ1n) is 7.24. The molecule has 1 amide bonds. The van der Waals surface area contributed by atoms with Crippen LogP contribution in [0.5, 0.6) is 0 Å². The summed E-state index contributed by atoms with van der Waals surface area (Å²) < 4.78 is 2.04. The first kappa shape index (κ1) is 15.2. The smallest absolute Gasteiger partial charge is 0.228 e. The minimum atomic E-state index is 0.178. The van der Waals surface area contributed by atoms with Crippen molar-refractivity contribution in [1.82, 2.24) is 9.88 Å². The number of nitrogens with zero attached hydrogens (tertiary/aromatic N) is 3. The molecular formula is C17H22N3O+. The van der Waals surface area contributed by atoms with E-state index in [1.54, 1.807) is 17.3 Å². The molecule has 2 aromatic rings. The molecule has 0 spiro atoms. The molecule has 0 bridgehead atoms. The van der Waals surface area contributed by atoms with Crippen LogP contribution in [0.1, 0.15) is 17.5 Å². The van der Waals surface area contributed by atoms with Gasteiger partial charge in [0.15, 0.2) is 18.9 Å². The molecule has 0 N–H and O–H groups in total. The Morgan fingerprint density at radius 1 is 1.19 bits per heavy atom. The predicted octanol–water partition coefficient (Wildman–Crippen LogP) is 1.77. The van der Waals surface area contributed by atoms with E-state index < -0.39 is 0 Å². The number of aromatic nitrogens is 2. The lowest BCUT2D eigenvalue weighted by Crippen LogP contribution is -2.37. The van der Waals surface area contributed by atoms with Gasteiger partial charge in [0.05, 0.1) is 6.42 Å². The van der Waals surface area contributed by atoms with Crippen LogP contribution in [0, 0.1) is 6.92 Å². The fourth-order valence-corrected chi connectivity index (χ4v) is 2.07. The number of pyridine rings is 2. The summed E-state index contributed by atoms with van der Waals surface area (Å²) in [5, 5.41) is 0. The summed E-state index contributed by atoms with van der Waals surface area (Å²) in [5.74, 6) is 0.178. The van der Waals surface area contributed by atoms with Gasteiger partial charge in [0.25, 0.3) is 0 Å². The first-order valence-corrected chi connectivity index (χ1v) is 7.24. The van der Waals surface area contributed by atoms with Crippen molar-refractivity contribution >= 4 is 5.91 Å². The van der Waals surface area contributed by atoms with E-state index in [4.69, 9.17) is 0 Å². The van der Waals surface area contributed by atoms with Crippen molar-refractivity contribution in [2.24, 2.45) is 0 Å². The standard InChI is InChI=1S/C17H22N3O/c1-15-5-12-20(13-6-15)14-8-17(21)19(2)11-7-16-3-9-18-10-4-16/h3-6,9-10,12-13H,7-8,11,14H2,1-2H3/q+1. The van der Waals surface area contributed by atoms with E-state index in [0.717, 1.165) is 19.5 Å². The fourth-order valence-electron chi connectivity index (χ4n) is 2.07. The van der Waals surface area contributed by atoms with E-state index in [9.17, 15) is 4.79 Å². The van der Waals surface area contributed by atoms with Crippen LogP contribution in [0.3, 0.4) is 0 Å². The van der Waals surface area contributed by atoms with E-state index in [0.29, 0.717) is 6.42 Å². The zero-order valence-corrected chi connectivity index (χ0v) is 12.7. The highest BCUT2D eigenvalue weighted by Gasteiger charge is 2.11. The SMILES string of the molecule is Cc1cc[n+](CCC(=O)N(C)CCc2ccncc2)cc1. The van der Waals surface area contributed by atoms with Crippen molar-refractivity contribution in [1.29, 1.82) is 0 Å². The van der Waals surface area contributed by atoms with Crippen molar-refractivity contribution < 1.29 is 9.36 Å². The summed E-state index contributed by atoms with van der Waals surface area (Å²) >= 11 is 0. The van der Waals surface area contributed by atoms with Gasteiger partial charge in [-0.1, -0.05) is 0 Å². The molecule has 2 aromatic heterocycles. The molecule has 0 saturated heterocycles. The Kier molecular flexibility index (Phi) is 5.43. The molecular weight excluding hydrogens is 262 g/mol. The summed E-state index contributed by atoms with van der Waals surface area (Å²) in [6.07, 6.45) is 8.98. The van der Waals surface area contributed by atoms with Gasteiger partial charge in [-0.2, -0.15) is 0 Å². The molecule has 0 atom stereocenters. The molecule has 4 nitrogen and oxygen atoms in total. The number of carbonyl (C=O) groups excluding carboxylic acids is 1. The molecule has 0 unspecified atom stereocenters. The molecule has 0 saturated carbocycles. The van der Waals surface area contributed by atoms with E-state index in [1.165, 1.54) is 11.1 Å². The van der Waals surface area contributed by atoms with Crippen LogP contribution in [-0.4, -0.2) is 29.4 Å². The van der Waals surface area contributed by atoms with Gasteiger partial charge in [-0.15, -0.1) is 0 Å². The Bertz CT molecular complexity index is 566. The van der Waals surface area contributed by atoms with Crippen molar-refractivity contribution in [3.05, 3.63) is 60.2 Å². The van der Waals surface area contributed by atoms with Gasteiger partial charge in [0.2, 0.25) is 5.91 Å². The maximum Gasteiger partial charge on any atom is 0.228 e. The monoisotopic (exact) mass is 284 g/mol. The van der Waals surface area contributed by atoms with Crippen LogP contribution in [-0.2, 0) is 17.8 Å². The summed E-state index contributed by atoms with van der Waals surface area (Å²) in [7, 11) is 1.86. The Morgan fingerprint density at radius 2 is 1.86 bits per heavy atom. The predicted molar refractivity (Wildman–Crippen MR) is 81.6 cm³/mol. The lowest BCUT2D eigenvalue weighted by molar-refractivity contribution is -0.696. The Morgan fingerprint density at radius 3 is 2.52 bits per heavy atom. The third-order valence-electron chi connectivity index (χ3n) is 3.55. The maximum atomic E-state index is 12.1. The van der Waals surface area contributed by atoms with Gasteiger partial charge >= 0.3 is 0 Å². The van der Waals surface area contributed by atoms with Gasteiger partial charge in [0.1, 0.15) is 0 Å². The van der Waals surface area contributed by atoms with E-state index >= 15 is 0 Å². The summed E-state index contributed by atoms with van der Waals surface area (Å²) in [6.45, 7) is 3.52. The molecule has 2 rings (SSSR count). The zero-order chi connectivity index (χ0) is 15.1. The number of hydrogen-bond donors (Lipinski definition) is 0. The zero-order valence-electron chi connectivity index (χ0n) is 12.7. The Labute approximate surface area is 126 Å². The molecule has 0 aliphatic heterocycles. The molecule has 0 fully saturated rings. The summed E-state index contributed by atoms with van der Waals surface area (Å²) in [5.41, 5.74) is 2.43. The average molecular weight is 284 g/mol. The highest BCUT2D eigenvalue weighted by atomic mass is 16.2. The van der Waals surface area contributed by atoms with Gasteiger partial charge < -0.3 is 4.90 Å². The number of aryl methyl sites for hydroxylation is 2. The molecule has 21 heavy (non-hydrogen) atoms. The lowest BCUT2D eigenvalue weighted by atomic mass is 10.2. The molecule has 0 aliphatic carbocycles. The van der Waals surface area contributed by atoms with Crippen LogP contribution in [0.15, 0.2) is 49.1 Å². The van der Waals surface area contributed by atoms with Gasteiger partial charge in [-0.3, -0.25) is 9.78 Å². The van der Waals surface area contributed by atoms with Crippen molar-refractivity contribution in [2.75, 3.05) is 13.6 Å². The molecule has 110 valence electrons. The second-order valence-electron chi connectivity index (χ2n) is 5.28. The minimum absolute atomic E-state index is 0.178. The largest absolute Gasteiger partial charge is 0.345 e. The third kappa shape index (κ3) is 4.99. The van der Waals surface area contributed by atoms with Crippen LogP contribution in [0.4, 0.5) is 0 Å². The number of likely N-dealkylation sites (N-methyl/N-ethyl adjacent to an activating group) is 1. The van der Waals surface area contributed by atoms with Crippen molar-refractivity contribution in [3.8, 4) is 0 Å². The molecule has 0 aromatic carbocycles. The summed E-state index contributed by atoms with van der Waals surface area (Å²) in [4.78, 5) is 17.9. The highest BCUT2D eigenvalue weighted by Crippen LogP contribution is 2.00. The van der Waals surface area contributed by atoms with Crippen LogP contribution in [0.25, 0.3) is 0 Å². The fraction of sp³-hybridized carbons (Fsp3) is 0.353. The summed E-state index contributed by atoms with van der Waals surface area (Å²) in [6, 6.07) is 8.08. The number of rotatable bonds is 6. The molecule has 0 radical (unpaired) electrons. The van der Waals surface area contributed by atoms with Crippen LogP contribution >= 0.6 is 0 Å². The second-order valence-corrected chi connectivity index (χ2v) is 5.28. The molecule has 4 heteroatoms. The van der Waals surface area contributed by atoms with Crippen LogP contribution < -0.4 is 4.57 Å². The normalized spacial score (nSPS) is 10.4. The maximum absolute atomic E-state index is 12.1. The van der Waals surface area contributed by atoms with Gasteiger partial charge in [-0.05, 0) is 36.6 Å². The van der Waals surface area contributed by atoms with E-state index in [-0.39, 0.29) is 5.91 Å². The Balaban J connectivity index is 1.76. The number of carbonyl (C=O) groups is 1. The Hall–Kier alpha value is -2.23. The second kappa shape index (κ2) is 7.53. The van der Waals surface area contributed by atoms with E-state index in [2.05, 4.69) is 24.0 Å². The lowest BCUT2D eigenvalue weighted by Gasteiger charge is -2.16. The highest BCUT2D eigenvalue weighted by molar-refractivity contribution is 5.75. The van der Waals surface area contributed by atoms with Crippen molar-refractivity contribution in [2.45, 2.75) is 26.3 Å². The van der Waals surface area contributed by atoms with Crippen molar-refractivity contribution in [3.63, 3.8) is 0 Å². The minimum Gasteiger partial charge on any atom is -0.345 e. The molecule has 0 aliphatic rings. The van der Waals surface area contributed by atoms with Gasteiger partial charge in [-0.25, -0.2) is 4.57 Å². The number of amides is 1. The first-order chi connectivity index (χ1) is 10.1. The van der Waals surface area contributed by atoms with E-state index in [1.807, 2.05) is 36.1 Å². The quantitative estimate of drug-likeness (QED) is 0.758. The van der Waals surface area contributed by atoms with Crippen LogP contribution in [0.2, 0.25) is 0 Å². The average Bonchev–Trinajstić information content (AvgIpc) is 2.52. The topological polar surface area (TPSA) is 37.1 Å². The molecule has 2 heterocycles. The number of hydrogen-bond acceptors (Lipinski definition) is 2. The van der Waals surface area contributed by atoms with Gasteiger partial charge in [0, 0.05) is 38.1 Å².